The Hall–Kier alpha value is -4.75. The molecular formula is C35H35N5O2. The summed E-state index contributed by atoms with van der Waals surface area (Å²) in [5, 5.41) is 3.85. The molecule has 0 atom stereocenters. The maximum Gasteiger partial charge on any atom is 0.274 e. The average molecular weight is 558 g/mol. The Kier molecular flexibility index (Phi) is 7.59. The van der Waals surface area contributed by atoms with Gasteiger partial charge in [-0.05, 0) is 90.5 Å². The zero-order valence-corrected chi connectivity index (χ0v) is 24.2. The van der Waals surface area contributed by atoms with Crippen molar-refractivity contribution in [1.82, 2.24) is 14.5 Å². The molecule has 3 heterocycles. The molecule has 0 unspecified atom stereocenters. The van der Waals surface area contributed by atoms with Gasteiger partial charge in [-0.2, -0.15) is 0 Å². The summed E-state index contributed by atoms with van der Waals surface area (Å²) in [5.74, 6) is -0.278. The summed E-state index contributed by atoms with van der Waals surface area (Å²) in [6, 6.07) is 30.1. The third-order valence-electron chi connectivity index (χ3n) is 8.19. The molecule has 0 bridgehead atoms. The molecule has 5 aromatic rings. The lowest BCUT2D eigenvalue weighted by Gasteiger charge is -2.38. The summed E-state index contributed by atoms with van der Waals surface area (Å²) in [5.41, 5.74) is 6.71. The second kappa shape index (κ2) is 11.6. The first kappa shape index (κ1) is 27.4. The van der Waals surface area contributed by atoms with Gasteiger partial charge >= 0.3 is 0 Å². The summed E-state index contributed by atoms with van der Waals surface area (Å²) in [6.07, 6.45) is 1.59. The highest BCUT2D eigenvalue weighted by Gasteiger charge is 2.19. The van der Waals surface area contributed by atoms with Gasteiger partial charge in [-0.25, -0.2) is 0 Å². The first-order valence-electron chi connectivity index (χ1n) is 14.4. The zero-order valence-electron chi connectivity index (χ0n) is 24.2. The van der Waals surface area contributed by atoms with Crippen molar-refractivity contribution in [3.05, 3.63) is 113 Å². The molecular weight excluding hydrogens is 522 g/mol. The van der Waals surface area contributed by atoms with Gasteiger partial charge in [0, 0.05) is 62.4 Å². The molecule has 1 N–H and O–H groups in total. The van der Waals surface area contributed by atoms with E-state index in [1.807, 2.05) is 31.3 Å². The van der Waals surface area contributed by atoms with Gasteiger partial charge in [0.05, 0.1) is 5.52 Å². The van der Waals surface area contributed by atoms with Crippen molar-refractivity contribution in [3.63, 3.8) is 0 Å². The number of pyridine rings is 2. The van der Waals surface area contributed by atoms with Crippen LogP contribution in [0.4, 0.5) is 11.4 Å². The maximum atomic E-state index is 13.3. The number of anilines is 2. The number of nitrogens with one attached hydrogen (secondary N) is 1. The summed E-state index contributed by atoms with van der Waals surface area (Å²) >= 11 is 0. The van der Waals surface area contributed by atoms with Crippen LogP contribution in [0, 0.1) is 0 Å². The fraction of sp³-hybridized carbons (Fsp3) is 0.229. The summed E-state index contributed by atoms with van der Waals surface area (Å²) < 4.78 is 1.70. The van der Waals surface area contributed by atoms with E-state index in [9.17, 15) is 9.59 Å². The molecule has 1 aliphatic heterocycles. The van der Waals surface area contributed by atoms with Crippen molar-refractivity contribution in [2.45, 2.75) is 19.9 Å². The molecule has 1 amide bonds. The van der Waals surface area contributed by atoms with E-state index >= 15 is 0 Å². The zero-order chi connectivity index (χ0) is 29.2. The van der Waals surface area contributed by atoms with Crippen LogP contribution in [0.15, 0.2) is 102 Å². The maximum absolute atomic E-state index is 13.3. The topological polar surface area (TPSA) is 70.5 Å². The molecule has 1 fully saturated rings. The number of hydrogen-bond acceptors (Lipinski definition) is 5. The SMILES string of the molecule is CC(C)N1CCN(c2ccc(-c3ccc4c(c3)cc(-c3ccc(NC(=O)c5ccccn5)cc3)c(=O)n4C)cc2)CC1. The molecule has 42 heavy (non-hydrogen) atoms. The standard InChI is InChI=1S/C35H35N5O2/c1-24(2)39-18-20-40(21-19-39)30-14-9-25(10-15-30)27-11-16-33-28(22-27)23-31(35(42)38(33)3)26-7-12-29(13-8-26)37-34(41)32-6-4-5-17-36-32/h4-17,22-24H,18-21H2,1-3H3,(H,37,41). The lowest BCUT2D eigenvalue weighted by Crippen LogP contribution is -2.48. The van der Waals surface area contributed by atoms with E-state index in [0.29, 0.717) is 23.0 Å². The number of amides is 1. The number of carbonyl (C=O) groups excluding carboxylic acids is 1. The molecule has 3 aromatic carbocycles. The van der Waals surface area contributed by atoms with E-state index in [-0.39, 0.29) is 11.5 Å². The predicted octanol–water partition coefficient (Wildman–Crippen LogP) is 6.05. The van der Waals surface area contributed by atoms with Crippen molar-refractivity contribution in [3.8, 4) is 22.3 Å². The van der Waals surface area contributed by atoms with Crippen LogP contribution >= 0.6 is 0 Å². The second-order valence-electron chi connectivity index (χ2n) is 11.1. The summed E-state index contributed by atoms with van der Waals surface area (Å²) in [6.45, 7) is 8.79. The molecule has 0 aliphatic carbocycles. The largest absolute Gasteiger partial charge is 0.369 e. The van der Waals surface area contributed by atoms with Gasteiger partial charge < -0.3 is 14.8 Å². The first-order chi connectivity index (χ1) is 20.4. The lowest BCUT2D eigenvalue weighted by molar-refractivity contribution is 0.102. The third kappa shape index (κ3) is 5.56. The minimum absolute atomic E-state index is 0.0672. The summed E-state index contributed by atoms with van der Waals surface area (Å²) in [7, 11) is 1.81. The molecule has 6 rings (SSSR count). The van der Waals surface area contributed by atoms with Crippen molar-refractivity contribution in [2.24, 2.45) is 7.05 Å². The Morgan fingerprint density at radius 3 is 2.17 bits per heavy atom. The van der Waals surface area contributed by atoms with Gasteiger partial charge in [0.15, 0.2) is 0 Å². The minimum Gasteiger partial charge on any atom is -0.369 e. The van der Waals surface area contributed by atoms with Crippen LogP contribution in [0.5, 0.6) is 0 Å². The van der Waals surface area contributed by atoms with Crippen LogP contribution in [0.1, 0.15) is 24.3 Å². The number of aromatic nitrogens is 2. The van der Waals surface area contributed by atoms with E-state index in [4.69, 9.17) is 0 Å². The van der Waals surface area contributed by atoms with Crippen LogP contribution in [0.25, 0.3) is 33.2 Å². The summed E-state index contributed by atoms with van der Waals surface area (Å²) in [4.78, 5) is 34.9. The predicted molar refractivity (Wildman–Crippen MR) is 171 cm³/mol. The minimum atomic E-state index is -0.278. The smallest absolute Gasteiger partial charge is 0.274 e. The molecule has 7 nitrogen and oxygen atoms in total. The van der Waals surface area contributed by atoms with Crippen LogP contribution in [-0.2, 0) is 7.05 Å². The van der Waals surface area contributed by atoms with Crippen molar-refractivity contribution in [2.75, 3.05) is 36.4 Å². The normalized spacial score (nSPS) is 14.0. The Labute approximate surface area is 246 Å². The van der Waals surface area contributed by atoms with Crippen LogP contribution in [0.3, 0.4) is 0 Å². The van der Waals surface area contributed by atoms with Gasteiger partial charge in [-0.15, -0.1) is 0 Å². The van der Waals surface area contributed by atoms with E-state index in [1.54, 1.807) is 41.1 Å². The van der Waals surface area contributed by atoms with Gasteiger partial charge in [-0.3, -0.25) is 19.5 Å². The second-order valence-corrected chi connectivity index (χ2v) is 11.1. The van der Waals surface area contributed by atoms with Crippen LogP contribution in [-0.4, -0.2) is 52.6 Å². The van der Waals surface area contributed by atoms with Crippen molar-refractivity contribution >= 4 is 28.2 Å². The number of piperazine rings is 1. The monoisotopic (exact) mass is 557 g/mol. The average Bonchev–Trinajstić information content (AvgIpc) is 3.03. The molecule has 1 saturated heterocycles. The quantitative estimate of drug-likeness (QED) is 0.275. The molecule has 0 radical (unpaired) electrons. The fourth-order valence-corrected chi connectivity index (χ4v) is 5.66. The van der Waals surface area contributed by atoms with E-state index in [1.165, 1.54) is 5.69 Å². The Bertz CT molecular complexity index is 1770. The Balaban J connectivity index is 1.23. The van der Waals surface area contributed by atoms with Gasteiger partial charge in [0.2, 0.25) is 0 Å². The van der Waals surface area contributed by atoms with Gasteiger partial charge in [0.1, 0.15) is 5.69 Å². The molecule has 0 saturated carbocycles. The van der Waals surface area contributed by atoms with E-state index in [2.05, 4.69) is 70.3 Å². The number of carbonyl (C=O) groups is 1. The first-order valence-corrected chi connectivity index (χ1v) is 14.4. The lowest BCUT2D eigenvalue weighted by atomic mass is 10.00. The molecule has 0 spiro atoms. The van der Waals surface area contributed by atoms with E-state index < -0.39 is 0 Å². The number of fused-ring (bicyclic) bond motifs is 1. The van der Waals surface area contributed by atoms with Gasteiger partial charge in [-0.1, -0.05) is 36.4 Å². The number of nitrogens with zero attached hydrogens (tertiary/aromatic N) is 4. The number of benzene rings is 3. The third-order valence-corrected chi connectivity index (χ3v) is 8.19. The van der Waals surface area contributed by atoms with Crippen LogP contribution < -0.4 is 15.8 Å². The van der Waals surface area contributed by atoms with Crippen molar-refractivity contribution in [1.29, 1.82) is 0 Å². The Morgan fingerprint density at radius 2 is 1.50 bits per heavy atom. The fourth-order valence-electron chi connectivity index (χ4n) is 5.66. The highest BCUT2D eigenvalue weighted by molar-refractivity contribution is 6.03. The number of aryl methyl sites for hydroxylation is 1. The molecule has 7 heteroatoms. The van der Waals surface area contributed by atoms with Gasteiger partial charge in [0.25, 0.3) is 11.5 Å². The Morgan fingerprint density at radius 1 is 0.810 bits per heavy atom. The number of hydrogen-bond donors (Lipinski definition) is 1. The van der Waals surface area contributed by atoms with Crippen LogP contribution in [0.2, 0.25) is 0 Å². The highest BCUT2D eigenvalue weighted by Crippen LogP contribution is 2.29. The molecule has 1 aliphatic rings. The highest BCUT2D eigenvalue weighted by atomic mass is 16.2. The van der Waals surface area contributed by atoms with Crippen molar-refractivity contribution < 1.29 is 4.79 Å². The molecule has 2 aromatic heterocycles. The number of rotatable bonds is 6. The van der Waals surface area contributed by atoms with E-state index in [0.717, 1.165) is 53.8 Å². The molecule has 212 valence electrons.